The highest BCUT2D eigenvalue weighted by Crippen LogP contribution is 2.49. The van der Waals surface area contributed by atoms with Gasteiger partial charge in [-0.1, -0.05) is 35.3 Å². The van der Waals surface area contributed by atoms with E-state index in [4.69, 9.17) is 32.7 Å². The third kappa shape index (κ3) is 6.02. The fourth-order valence-corrected chi connectivity index (χ4v) is 5.01. The number of anilines is 1. The van der Waals surface area contributed by atoms with Gasteiger partial charge in [-0.2, -0.15) is 0 Å². The zero-order valence-corrected chi connectivity index (χ0v) is 21.3. The summed E-state index contributed by atoms with van der Waals surface area (Å²) in [5.74, 6) is -0.130. The maximum Gasteiger partial charge on any atom is 0.303 e. The number of carbonyl (C=O) groups excluding carboxylic acids is 2. The molecule has 1 aliphatic rings. The minimum absolute atomic E-state index is 0. The zero-order valence-electron chi connectivity index (χ0n) is 18.1. The number of hydrogen-bond acceptors (Lipinski definition) is 6. The molecule has 3 rings (SSSR count). The van der Waals surface area contributed by atoms with Crippen molar-refractivity contribution in [1.29, 1.82) is 0 Å². The van der Waals surface area contributed by atoms with Crippen molar-refractivity contribution in [3.05, 3.63) is 52.0 Å². The second-order valence-corrected chi connectivity index (χ2v) is 9.37. The molecule has 2 unspecified atom stereocenters. The van der Waals surface area contributed by atoms with Crippen LogP contribution in [0.3, 0.4) is 0 Å². The summed E-state index contributed by atoms with van der Waals surface area (Å²) < 4.78 is 10.8. The molecule has 1 amide bonds. The lowest BCUT2D eigenvalue weighted by Crippen LogP contribution is -2.45. The number of amides is 1. The van der Waals surface area contributed by atoms with Gasteiger partial charge < -0.3 is 19.3 Å². The number of methoxy groups -OCH3 is 1. The van der Waals surface area contributed by atoms with Gasteiger partial charge in [-0.25, -0.2) is 0 Å². The van der Waals surface area contributed by atoms with Crippen molar-refractivity contribution in [3.8, 4) is 5.75 Å². The summed E-state index contributed by atoms with van der Waals surface area (Å²) in [5.41, 5.74) is 1.48. The highest BCUT2D eigenvalue weighted by molar-refractivity contribution is 7.99. The van der Waals surface area contributed by atoms with Crippen molar-refractivity contribution in [1.82, 2.24) is 4.90 Å². The molecule has 0 aromatic heterocycles. The lowest BCUT2D eigenvalue weighted by Gasteiger charge is -2.28. The minimum Gasteiger partial charge on any atom is -0.497 e. The molecule has 0 saturated heterocycles. The number of ether oxygens (including phenoxy) is 2. The molecule has 1 aliphatic heterocycles. The van der Waals surface area contributed by atoms with Crippen LogP contribution in [0.4, 0.5) is 5.69 Å². The Morgan fingerprint density at radius 1 is 1.16 bits per heavy atom. The molecule has 0 saturated carbocycles. The Morgan fingerprint density at radius 3 is 2.34 bits per heavy atom. The standard InChI is InChI=1S/C22H24Cl2N2O4S.ClH/c1-13(27)30-20-21(14-5-7-15(29-4)8-6-14)31-19-12-17(24)16(23)11-18(19)26(22(20)28)10-9-25(2)3;/h5-8,11-12,20-21H,9-10H2,1-4H3;1H. The zero-order chi connectivity index (χ0) is 22.7. The second kappa shape index (κ2) is 11.5. The van der Waals surface area contributed by atoms with E-state index >= 15 is 0 Å². The first-order valence-corrected chi connectivity index (χ1v) is 11.3. The highest BCUT2D eigenvalue weighted by atomic mass is 35.5. The molecule has 174 valence electrons. The molecule has 0 radical (unpaired) electrons. The van der Waals surface area contributed by atoms with E-state index in [0.29, 0.717) is 34.6 Å². The Labute approximate surface area is 208 Å². The van der Waals surface area contributed by atoms with E-state index in [2.05, 4.69) is 0 Å². The first-order valence-electron chi connectivity index (χ1n) is 9.64. The van der Waals surface area contributed by atoms with Crippen molar-refractivity contribution >= 4 is 64.9 Å². The number of halogens is 3. The average Bonchev–Trinajstić information content (AvgIpc) is 2.82. The summed E-state index contributed by atoms with van der Waals surface area (Å²) in [5, 5.41) is 0.283. The van der Waals surface area contributed by atoms with Crippen molar-refractivity contribution < 1.29 is 19.1 Å². The predicted molar refractivity (Wildman–Crippen MR) is 132 cm³/mol. The number of benzene rings is 2. The molecule has 2 aromatic carbocycles. The van der Waals surface area contributed by atoms with Crippen molar-refractivity contribution in [3.63, 3.8) is 0 Å². The lowest BCUT2D eigenvalue weighted by molar-refractivity contribution is -0.152. The summed E-state index contributed by atoms with van der Waals surface area (Å²) in [6.07, 6.45) is -1.01. The molecule has 0 N–H and O–H groups in total. The van der Waals surface area contributed by atoms with Crippen LogP contribution in [0, 0.1) is 0 Å². The first kappa shape index (κ1) is 26.6. The monoisotopic (exact) mass is 518 g/mol. The Bertz CT molecular complexity index is 972. The SMILES string of the molecule is COc1ccc(C2Sc3cc(Cl)c(Cl)cc3N(CCN(C)C)C(=O)C2OC(C)=O)cc1.Cl. The fraction of sp³-hybridized carbons (Fsp3) is 0.364. The van der Waals surface area contributed by atoms with E-state index in [1.807, 2.05) is 43.3 Å². The van der Waals surface area contributed by atoms with Gasteiger partial charge in [0.2, 0.25) is 0 Å². The van der Waals surface area contributed by atoms with Gasteiger partial charge in [-0.05, 0) is 43.9 Å². The molecule has 0 aliphatic carbocycles. The Balaban J connectivity index is 0.00000363. The van der Waals surface area contributed by atoms with E-state index in [1.165, 1.54) is 18.7 Å². The molecule has 10 heteroatoms. The van der Waals surface area contributed by atoms with Gasteiger partial charge in [0.05, 0.1) is 28.1 Å². The van der Waals surface area contributed by atoms with Gasteiger partial charge in [0.15, 0.2) is 6.10 Å². The van der Waals surface area contributed by atoms with Crippen LogP contribution in [0.2, 0.25) is 10.0 Å². The van der Waals surface area contributed by atoms with Gasteiger partial charge >= 0.3 is 5.97 Å². The number of nitrogens with zero attached hydrogens (tertiary/aromatic N) is 2. The molecule has 0 fully saturated rings. The topological polar surface area (TPSA) is 59.1 Å². The number of fused-ring (bicyclic) bond motifs is 1. The molecule has 2 aromatic rings. The van der Waals surface area contributed by atoms with Crippen molar-refractivity contribution in [2.45, 2.75) is 23.2 Å². The van der Waals surface area contributed by atoms with Crippen LogP contribution >= 0.6 is 47.4 Å². The van der Waals surface area contributed by atoms with E-state index in [9.17, 15) is 9.59 Å². The summed E-state index contributed by atoms with van der Waals surface area (Å²) in [6, 6.07) is 10.8. The number of esters is 1. The van der Waals surface area contributed by atoms with Crippen LogP contribution in [-0.4, -0.2) is 57.2 Å². The molecule has 0 bridgehead atoms. The van der Waals surface area contributed by atoms with E-state index in [0.717, 1.165) is 10.5 Å². The van der Waals surface area contributed by atoms with E-state index in [-0.39, 0.29) is 18.3 Å². The Kier molecular flexibility index (Phi) is 9.54. The third-order valence-corrected chi connectivity index (χ3v) is 6.92. The van der Waals surface area contributed by atoms with Gasteiger partial charge in [0.1, 0.15) is 5.75 Å². The maximum absolute atomic E-state index is 13.7. The van der Waals surface area contributed by atoms with Crippen LogP contribution in [0.5, 0.6) is 5.75 Å². The van der Waals surface area contributed by atoms with Gasteiger partial charge in [-0.3, -0.25) is 9.59 Å². The van der Waals surface area contributed by atoms with E-state index < -0.39 is 17.3 Å². The quantitative estimate of drug-likeness (QED) is 0.495. The summed E-state index contributed by atoms with van der Waals surface area (Å²) in [6.45, 7) is 2.33. The molecular weight excluding hydrogens is 495 g/mol. The number of hydrogen-bond donors (Lipinski definition) is 0. The second-order valence-electron chi connectivity index (χ2n) is 7.37. The molecule has 32 heavy (non-hydrogen) atoms. The number of likely N-dealkylation sites (N-methyl/N-ethyl adjacent to an activating group) is 1. The smallest absolute Gasteiger partial charge is 0.303 e. The fourth-order valence-electron chi connectivity index (χ4n) is 3.28. The molecular formula is C22H25Cl3N2O4S. The van der Waals surface area contributed by atoms with Crippen LogP contribution in [0.15, 0.2) is 41.3 Å². The van der Waals surface area contributed by atoms with Crippen LogP contribution in [-0.2, 0) is 14.3 Å². The minimum atomic E-state index is -1.01. The first-order chi connectivity index (χ1) is 14.7. The van der Waals surface area contributed by atoms with Crippen LogP contribution < -0.4 is 9.64 Å². The highest BCUT2D eigenvalue weighted by Gasteiger charge is 2.41. The summed E-state index contributed by atoms with van der Waals surface area (Å²) in [7, 11) is 5.44. The molecule has 0 spiro atoms. The largest absolute Gasteiger partial charge is 0.497 e. The maximum atomic E-state index is 13.7. The Hall–Kier alpha value is -1.64. The summed E-state index contributed by atoms with van der Waals surface area (Å²) in [4.78, 5) is 30.0. The number of rotatable bonds is 6. The van der Waals surface area contributed by atoms with Crippen LogP contribution in [0.25, 0.3) is 0 Å². The normalized spacial score (nSPS) is 18.0. The molecule has 2 atom stereocenters. The van der Waals surface area contributed by atoms with Crippen molar-refractivity contribution in [2.75, 3.05) is 39.2 Å². The third-order valence-electron chi connectivity index (χ3n) is 4.84. The lowest BCUT2D eigenvalue weighted by atomic mass is 10.1. The Morgan fingerprint density at radius 2 is 1.78 bits per heavy atom. The summed E-state index contributed by atoms with van der Waals surface area (Å²) >= 11 is 14.0. The van der Waals surface area contributed by atoms with Crippen LogP contribution in [0.1, 0.15) is 17.7 Å². The predicted octanol–water partition coefficient (Wildman–Crippen LogP) is 5.10. The number of carbonyl (C=O) groups is 2. The number of thioether (sulfide) groups is 1. The van der Waals surface area contributed by atoms with Crippen molar-refractivity contribution in [2.24, 2.45) is 0 Å². The van der Waals surface area contributed by atoms with Gasteiger partial charge in [0.25, 0.3) is 5.91 Å². The average molecular weight is 520 g/mol. The molecule has 6 nitrogen and oxygen atoms in total. The van der Waals surface area contributed by atoms with Gasteiger partial charge in [0, 0.05) is 24.9 Å². The van der Waals surface area contributed by atoms with Gasteiger partial charge in [-0.15, -0.1) is 24.2 Å². The molecule has 1 heterocycles. The van der Waals surface area contributed by atoms with E-state index in [1.54, 1.807) is 24.1 Å².